The molecule has 1 heterocycles. The first-order chi connectivity index (χ1) is 14.1. The zero-order chi connectivity index (χ0) is 21.9. The second kappa shape index (κ2) is 9.24. The van der Waals surface area contributed by atoms with Crippen molar-refractivity contribution in [3.05, 3.63) is 63.6 Å². The number of hydrogen-bond donors (Lipinski definition) is 1. The number of halogens is 5. The lowest BCUT2D eigenvalue weighted by atomic mass is 10.1. The number of para-hydroxylation sites is 1. The van der Waals surface area contributed by atoms with E-state index in [0.29, 0.717) is 36.8 Å². The average Bonchev–Trinajstić information content (AvgIpc) is 2.68. The van der Waals surface area contributed by atoms with Crippen molar-refractivity contribution >= 4 is 40.7 Å². The van der Waals surface area contributed by atoms with Gasteiger partial charge in [-0.3, -0.25) is 14.5 Å². The molecule has 0 unspecified atom stereocenters. The Labute approximate surface area is 181 Å². The van der Waals surface area contributed by atoms with Gasteiger partial charge in [-0.2, -0.15) is 13.2 Å². The summed E-state index contributed by atoms with van der Waals surface area (Å²) in [6.45, 7) is 1.49. The van der Waals surface area contributed by atoms with E-state index in [4.69, 9.17) is 23.2 Å². The molecule has 0 bridgehead atoms. The molecule has 1 fully saturated rings. The third-order valence-corrected chi connectivity index (χ3v) is 5.23. The Kier molecular flexibility index (Phi) is 6.90. The third-order valence-electron chi connectivity index (χ3n) is 4.68. The molecular formula is C20H18Cl2F3N3O2. The normalized spacial score (nSPS) is 15.2. The van der Waals surface area contributed by atoms with Gasteiger partial charge in [-0.15, -0.1) is 0 Å². The third kappa shape index (κ3) is 5.44. The van der Waals surface area contributed by atoms with Crippen molar-refractivity contribution < 1.29 is 22.8 Å². The van der Waals surface area contributed by atoms with Crippen LogP contribution in [0.25, 0.3) is 0 Å². The molecule has 0 spiro atoms. The zero-order valence-corrected chi connectivity index (χ0v) is 17.2. The average molecular weight is 460 g/mol. The van der Waals surface area contributed by atoms with E-state index in [0.717, 1.165) is 6.07 Å². The van der Waals surface area contributed by atoms with Gasteiger partial charge in [-0.1, -0.05) is 35.3 Å². The fourth-order valence-corrected chi connectivity index (χ4v) is 3.59. The zero-order valence-electron chi connectivity index (χ0n) is 15.7. The number of amides is 2. The smallest absolute Gasteiger partial charge is 0.336 e. The Bertz CT molecular complexity index is 945. The quantitative estimate of drug-likeness (QED) is 0.736. The lowest BCUT2D eigenvalue weighted by Gasteiger charge is -2.34. The molecule has 1 N–H and O–H groups in total. The first kappa shape index (κ1) is 22.4. The van der Waals surface area contributed by atoms with E-state index in [1.807, 2.05) is 0 Å². The summed E-state index contributed by atoms with van der Waals surface area (Å²) in [5.74, 6) is -0.768. The summed E-state index contributed by atoms with van der Waals surface area (Å²) >= 11 is 11.8. The Morgan fingerprint density at radius 2 is 1.67 bits per heavy atom. The van der Waals surface area contributed by atoms with Crippen molar-refractivity contribution in [3.63, 3.8) is 0 Å². The molecule has 10 heteroatoms. The molecule has 0 aliphatic carbocycles. The molecular weight excluding hydrogens is 442 g/mol. The minimum absolute atomic E-state index is 0.109. The van der Waals surface area contributed by atoms with Crippen LogP contribution in [0.3, 0.4) is 0 Å². The summed E-state index contributed by atoms with van der Waals surface area (Å²) in [6.07, 6.45) is -4.64. The van der Waals surface area contributed by atoms with Gasteiger partial charge in [0.1, 0.15) is 0 Å². The van der Waals surface area contributed by atoms with Crippen LogP contribution in [0.4, 0.5) is 18.9 Å². The lowest BCUT2D eigenvalue weighted by Crippen LogP contribution is -2.50. The Morgan fingerprint density at radius 1 is 1.00 bits per heavy atom. The fraction of sp³-hybridized carbons (Fsp3) is 0.300. The van der Waals surface area contributed by atoms with Crippen LogP contribution in [-0.4, -0.2) is 54.3 Å². The number of nitrogens with zero attached hydrogens (tertiary/aromatic N) is 2. The first-order valence-corrected chi connectivity index (χ1v) is 9.83. The SMILES string of the molecule is O=C(CN1CCN(C(=O)c2cccc(Cl)c2)CC1)Nc1c(Cl)cccc1C(F)(F)F. The van der Waals surface area contributed by atoms with Crippen molar-refractivity contribution in [2.45, 2.75) is 6.18 Å². The maximum atomic E-state index is 13.2. The number of anilines is 1. The van der Waals surface area contributed by atoms with Crippen molar-refractivity contribution in [3.8, 4) is 0 Å². The molecule has 160 valence electrons. The summed E-state index contributed by atoms with van der Waals surface area (Å²) in [5, 5.41) is 2.55. The van der Waals surface area contributed by atoms with Crippen LogP contribution >= 0.6 is 23.2 Å². The largest absolute Gasteiger partial charge is 0.418 e. The minimum Gasteiger partial charge on any atom is -0.336 e. The van der Waals surface area contributed by atoms with Gasteiger partial charge in [0.15, 0.2) is 0 Å². The second-order valence-corrected chi connectivity index (χ2v) is 7.63. The number of carbonyl (C=O) groups excluding carboxylic acids is 2. The van der Waals surface area contributed by atoms with E-state index >= 15 is 0 Å². The van der Waals surface area contributed by atoms with Crippen LogP contribution in [0.5, 0.6) is 0 Å². The molecule has 0 saturated carbocycles. The highest BCUT2D eigenvalue weighted by atomic mass is 35.5. The molecule has 1 saturated heterocycles. The molecule has 30 heavy (non-hydrogen) atoms. The second-order valence-electron chi connectivity index (χ2n) is 6.79. The van der Waals surface area contributed by atoms with Gasteiger partial charge < -0.3 is 10.2 Å². The molecule has 3 rings (SSSR count). The van der Waals surface area contributed by atoms with Crippen LogP contribution in [0.2, 0.25) is 10.0 Å². The molecule has 5 nitrogen and oxygen atoms in total. The Hall–Kier alpha value is -2.29. The van der Waals surface area contributed by atoms with Crippen LogP contribution in [0.1, 0.15) is 15.9 Å². The van der Waals surface area contributed by atoms with E-state index in [1.165, 1.54) is 12.1 Å². The fourth-order valence-electron chi connectivity index (χ4n) is 3.18. The van der Waals surface area contributed by atoms with E-state index in [2.05, 4.69) is 5.32 Å². The number of nitrogens with one attached hydrogen (secondary N) is 1. The summed E-state index contributed by atoms with van der Waals surface area (Å²) in [7, 11) is 0. The van der Waals surface area contributed by atoms with E-state index < -0.39 is 23.3 Å². The van der Waals surface area contributed by atoms with Gasteiger partial charge >= 0.3 is 6.18 Å². The van der Waals surface area contributed by atoms with Crippen molar-refractivity contribution in [1.82, 2.24) is 9.80 Å². The van der Waals surface area contributed by atoms with Crippen molar-refractivity contribution in [2.75, 3.05) is 38.0 Å². The molecule has 0 aromatic heterocycles. The van der Waals surface area contributed by atoms with Crippen molar-refractivity contribution in [2.24, 2.45) is 0 Å². The van der Waals surface area contributed by atoms with E-state index in [-0.39, 0.29) is 17.5 Å². The number of rotatable bonds is 4. The predicted octanol–water partition coefficient (Wildman–Crippen LogP) is 4.41. The highest BCUT2D eigenvalue weighted by Gasteiger charge is 2.35. The van der Waals surface area contributed by atoms with Crippen LogP contribution in [0.15, 0.2) is 42.5 Å². The number of alkyl halides is 3. The number of piperazine rings is 1. The summed E-state index contributed by atoms with van der Waals surface area (Å²) in [5.41, 5.74) is -0.973. The minimum atomic E-state index is -4.64. The van der Waals surface area contributed by atoms with Crippen molar-refractivity contribution in [1.29, 1.82) is 0 Å². The van der Waals surface area contributed by atoms with E-state index in [9.17, 15) is 22.8 Å². The number of hydrogen-bond acceptors (Lipinski definition) is 3. The Balaban J connectivity index is 1.57. The Morgan fingerprint density at radius 3 is 2.30 bits per heavy atom. The maximum Gasteiger partial charge on any atom is 0.418 e. The molecule has 2 aromatic rings. The van der Waals surface area contributed by atoms with Gasteiger partial charge in [-0.25, -0.2) is 0 Å². The molecule has 0 radical (unpaired) electrons. The maximum absolute atomic E-state index is 13.2. The highest BCUT2D eigenvalue weighted by Crippen LogP contribution is 2.38. The lowest BCUT2D eigenvalue weighted by molar-refractivity contribution is -0.137. The van der Waals surface area contributed by atoms with E-state index in [1.54, 1.807) is 34.1 Å². The molecule has 0 atom stereocenters. The molecule has 1 aliphatic heterocycles. The van der Waals surface area contributed by atoms with Gasteiger partial charge in [-0.05, 0) is 30.3 Å². The van der Waals surface area contributed by atoms with Gasteiger partial charge in [0.05, 0.1) is 22.8 Å². The molecule has 1 aliphatic rings. The summed E-state index contributed by atoms with van der Waals surface area (Å²) < 4.78 is 39.5. The van der Waals surface area contributed by atoms with Crippen LogP contribution in [-0.2, 0) is 11.0 Å². The molecule has 2 aromatic carbocycles. The standard InChI is InChI=1S/C20H18Cl2F3N3O2/c21-14-4-1-3-13(11-14)19(30)28-9-7-27(8-10-28)12-17(29)26-18-15(20(23,24)25)5-2-6-16(18)22/h1-6,11H,7-10,12H2,(H,26,29). The highest BCUT2D eigenvalue weighted by molar-refractivity contribution is 6.34. The van der Waals surface area contributed by atoms with Crippen LogP contribution < -0.4 is 5.32 Å². The van der Waals surface area contributed by atoms with Crippen LogP contribution in [0, 0.1) is 0 Å². The first-order valence-electron chi connectivity index (χ1n) is 9.08. The van der Waals surface area contributed by atoms with Gasteiger partial charge in [0.2, 0.25) is 5.91 Å². The monoisotopic (exact) mass is 459 g/mol. The molecule has 2 amide bonds. The predicted molar refractivity (Wildman–Crippen MR) is 109 cm³/mol. The van der Waals surface area contributed by atoms with Gasteiger partial charge in [0.25, 0.3) is 5.91 Å². The summed E-state index contributed by atoms with van der Waals surface area (Å²) in [6, 6.07) is 9.96. The topological polar surface area (TPSA) is 52.7 Å². The number of benzene rings is 2. The van der Waals surface area contributed by atoms with Gasteiger partial charge in [0, 0.05) is 36.8 Å². The summed E-state index contributed by atoms with van der Waals surface area (Å²) in [4.78, 5) is 28.3. The number of carbonyl (C=O) groups is 2.